The smallest absolute Gasteiger partial charge is 0.271 e. The zero-order valence-electron chi connectivity index (χ0n) is 8.67. The van der Waals surface area contributed by atoms with Crippen molar-refractivity contribution in [3.05, 3.63) is 33.9 Å². The van der Waals surface area contributed by atoms with E-state index in [1.165, 1.54) is 5.56 Å². The Bertz CT molecular complexity index is 463. The van der Waals surface area contributed by atoms with Crippen molar-refractivity contribution in [2.75, 3.05) is 18.1 Å². The maximum Gasteiger partial charge on any atom is 0.271 e. The van der Waals surface area contributed by atoms with Gasteiger partial charge in [0.1, 0.15) is 10.7 Å². The second-order valence-electron chi connectivity index (χ2n) is 3.22. The maximum atomic E-state index is 10.4. The van der Waals surface area contributed by atoms with Gasteiger partial charge >= 0.3 is 0 Å². The summed E-state index contributed by atoms with van der Waals surface area (Å²) < 4.78 is 18.1. The van der Waals surface area contributed by atoms with Crippen molar-refractivity contribution in [3.8, 4) is 0 Å². The van der Waals surface area contributed by atoms with Crippen LogP contribution in [0.2, 0.25) is 0 Å². The minimum Gasteiger partial charge on any atom is -0.384 e. The molecule has 0 bridgehead atoms. The van der Waals surface area contributed by atoms with Crippen molar-refractivity contribution in [1.29, 1.82) is 0 Å². The number of non-ortho nitro benzene ring substituents is 1. The molecule has 0 saturated heterocycles. The number of hydrogen-bond acceptors (Lipinski definition) is 5. The summed E-state index contributed by atoms with van der Waals surface area (Å²) in [6.07, 6.45) is 2.09. The third-order valence-electron chi connectivity index (χ3n) is 2.01. The molecule has 0 aromatic heterocycles. The summed E-state index contributed by atoms with van der Waals surface area (Å²) in [6, 6.07) is 4.95. The molecule has 0 amide bonds. The molecule has 1 aliphatic heterocycles. The first-order valence-corrected chi connectivity index (χ1v) is 6.22. The topological polar surface area (TPSA) is 89.3 Å². The number of rotatable bonds is 1. The van der Waals surface area contributed by atoms with Gasteiger partial charge in [0.25, 0.3) is 5.69 Å². The summed E-state index contributed by atoms with van der Waals surface area (Å²) in [5.41, 5.74) is 2.23. The highest BCUT2D eigenvalue weighted by atomic mass is 32.2. The second kappa shape index (κ2) is 5.45. The normalized spacial score (nSPS) is 12.4. The van der Waals surface area contributed by atoms with E-state index < -0.39 is 10.7 Å². The monoisotopic (exact) mass is 244 g/mol. The summed E-state index contributed by atoms with van der Waals surface area (Å²) in [5, 5.41) is 13.5. The highest BCUT2D eigenvalue weighted by Gasteiger charge is 2.13. The van der Waals surface area contributed by atoms with Crippen LogP contribution in [0.4, 0.5) is 11.4 Å². The van der Waals surface area contributed by atoms with Crippen molar-refractivity contribution in [2.45, 2.75) is 6.42 Å². The lowest BCUT2D eigenvalue weighted by molar-refractivity contribution is -0.384. The van der Waals surface area contributed by atoms with Gasteiger partial charge < -0.3 is 5.32 Å². The van der Waals surface area contributed by atoms with Gasteiger partial charge in [-0.05, 0) is 12.0 Å². The molecule has 0 aliphatic carbocycles. The zero-order chi connectivity index (χ0) is 12.1. The lowest BCUT2D eigenvalue weighted by atomic mass is 10.1. The van der Waals surface area contributed by atoms with Gasteiger partial charge in [0.2, 0.25) is 0 Å². The molecule has 2 rings (SSSR count). The van der Waals surface area contributed by atoms with E-state index in [2.05, 4.69) is 5.32 Å². The Hall–Kier alpha value is -1.63. The van der Waals surface area contributed by atoms with Crippen LogP contribution in [0, 0.1) is 10.1 Å². The van der Waals surface area contributed by atoms with Crippen LogP contribution >= 0.6 is 0 Å². The van der Waals surface area contributed by atoms with E-state index in [1.54, 1.807) is 12.1 Å². The highest BCUT2D eigenvalue weighted by Crippen LogP contribution is 2.26. The Labute approximate surface area is 94.4 Å². The molecule has 6 nitrogen and oxygen atoms in total. The van der Waals surface area contributed by atoms with Gasteiger partial charge in [0, 0.05) is 30.6 Å². The van der Waals surface area contributed by atoms with Gasteiger partial charge in [-0.25, -0.2) is 8.42 Å². The third-order valence-corrected chi connectivity index (χ3v) is 2.01. The average molecular weight is 244 g/mol. The van der Waals surface area contributed by atoms with Crippen LogP contribution in [-0.4, -0.2) is 26.1 Å². The van der Waals surface area contributed by atoms with Crippen molar-refractivity contribution in [2.24, 2.45) is 0 Å². The molecule has 1 aromatic carbocycles. The first-order chi connectivity index (χ1) is 7.50. The first-order valence-electron chi connectivity index (χ1n) is 4.60. The largest absolute Gasteiger partial charge is 0.384 e. The van der Waals surface area contributed by atoms with Gasteiger partial charge in [-0.15, -0.1) is 0 Å². The van der Waals surface area contributed by atoms with Crippen LogP contribution in [0.15, 0.2) is 18.2 Å². The lowest BCUT2D eigenvalue weighted by Gasteiger charge is -1.97. The predicted octanol–water partition coefficient (Wildman–Crippen LogP) is 0.790. The van der Waals surface area contributed by atoms with Crippen molar-refractivity contribution in [1.82, 2.24) is 0 Å². The number of benzene rings is 1. The van der Waals surface area contributed by atoms with Gasteiger partial charge in [0.15, 0.2) is 0 Å². The highest BCUT2D eigenvalue weighted by molar-refractivity contribution is 7.71. The molecule has 1 N–H and O–H groups in total. The molecule has 0 fully saturated rings. The molecule has 16 heavy (non-hydrogen) atoms. The van der Waals surface area contributed by atoms with Crippen LogP contribution in [0.1, 0.15) is 5.56 Å². The number of nitro groups is 1. The van der Waals surface area contributed by atoms with E-state index in [-0.39, 0.29) is 10.6 Å². The number of hydrogen-bond donors (Lipinski definition) is 2. The minimum atomic E-state index is -2.12. The molecular formula is C9H12N2O4S. The van der Waals surface area contributed by atoms with E-state index >= 15 is 0 Å². The molecule has 88 valence electrons. The van der Waals surface area contributed by atoms with Crippen LogP contribution in [0.25, 0.3) is 0 Å². The molecular weight excluding hydrogens is 232 g/mol. The second-order valence-corrected chi connectivity index (χ2v) is 4.09. The number of nitrogens with one attached hydrogen (secondary N) is 1. The van der Waals surface area contributed by atoms with Gasteiger partial charge in [-0.3, -0.25) is 10.1 Å². The van der Waals surface area contributed by atoms with E-state index in [1.807, 2.05) is 6.07 Å². The Morgan fingerprint density at radius 3 is 2.62 bits per heavy atom. The van der Waals surface area contributed by atoms with E-state index in [4.69, 9.17) is 8.42 Å². The van der Waals surface area contributed by atoms with Crippen LogP contribution in [-0.2, 0) is 17.1 Å². The van der Waals surface area contributed by atoms with Crippen molar-refractivity contribution < 1.29 is 13.3 Å². The predicted molar refractivity (Wildman–Crippen MR) is 61.5 cm³/mol. The van der Waals surface area contributed by atoms with Crippen LogP contribution in [0.5, 0.6) is 0 Å². The quantitative estimate of drug-likeness (QED) is 0.433. The Balaban J connectivity index is 0.000000280. The minimum absolute atomic E-state index is 0.156. The Morgan fingerprint density at radius 2 is 2.06 bits per heavy atom. The van der Waals surface area contributed by atoms with Crippen molar-refractivity contribution in [3.63, 3.8) is 0 Å². The number of thiol groups is 1. The number of nitro benzene ring substituents is 1. The van der Waals surface area contributed by atoms with Gasteiger partial charge in [0.05, 0.1) is 4.92 Å². The lowest BCUT2D eigenvalue weighted by Crippen LogP contribution is -1.92. The summed E-state index contributed by atoms with van der Waals surface area (Å²) in [4.78, 5) is 10.0. The van der Waals surface area contributed by atoms with Gasteiger partial charge in [-0.1, -0.05) is 6.07 Å². The Kier molecular flexibility index (Phi) is 4.24. The summed E-state index contributed by atoms with van der Waals surface area (Å²) in [5.74, 6) is 0. The number of nitrogens with zero attached hydrogens (tertiary/aromatic N) is 1. The molecule has 0 atom stereocenters. The van der Waals surface area contributed by atoms with Gasteiger partial charge in [-0.2, -0.15) is 0 Å². The molecule has 0 spiro atoms. The standard InChI is InChI=1S/C8H8N2O2.CH4O2S/c11-10(12)7-2-1-6-3-4-9-8(6)5-7;1-4(2)3/h1-2,5,9H,3-4H2;4H,1H3. The molecule has 0 radical (unpaired) electrons. The SMILES string of the molecule is C[SH](=O)=O.O=[N+]([O-])c1ccc2c(c1)NCC2. The van der Waals surface area contributed by atoms with Crippen molar-refractivity contribution >= 4 is 22.1 Å². The number of anilines is 1. The molecule has 0 unspecified atom stereocenters. The summed E-state index contributed by atoms with van der Waals surface area (Å²) in [6.45, 7) is 0.885. The average Bonchev–Trinajstić information content (AvgIpc) is 2.62. The fourth-order valence-corrected chi connectivity index (χ4v) is 1.39. The molecule has 0 saturated carbocycles. The Morgan fingerprint density at radius 1 is 1.44 bits per heavy atom. The van der Waals surface area contributed by atoms with Crippen LogP contribution in [0.3, 0.4) is 0 Å². The number of fused-ring (bicyclic) bond motifs is 1. The first kappa shape index (κ1) is 12.4. The summed E-state index contributed by atoms with van der Waals surface area (Å²) >= 11 is 0. The molecule has 1 aromatic rings. The van der Waals surface area contributed by atoms with E-state index in [0.29, 0.717) is 0 Å². The molecule has 1 heterocycles. The fraction of sp³-hybridized carbons (Fsp3) is 0.333. The third kappa shape index (κ3) is 3.50. The maximum absolute atomic E-state index is 10.4. The fourth-order valence-electron chi connectivity index (χ4n) is 1.39. The van der Waals surface area contributed by atoms with E-state index in [9.17, 15) is 10.1 Å². The summed E-state index contributed by atoms with van der Waals surface area (Å²) in [7, 11) is -2.12. The van der Waals surface area contributed by atoms with E-state index in [0.717, 1.165) is 24.9 Å². The molecule has 1 aliphatic rings. The zero-order valence-corrected chi connectivity index (χ0v) is 9.57. The molecule has 7 heteroatoms. The van der Waals surface area contributed by atoms with Crippen LogP contribution < -0.4 is 5.32 Å².